The zero-order chi connectivity index (χ0) is 18.6. The van der Waals surface area contributed by atoms with E-state index in [4.69, 9.17) is 0 Å². The number of benzene rings is 1. The number of likely N-dealkylation sites (N-methyl/N-ethyl adjacent to an activating group) is 1. The van der Waals surface area contributed by atoms with E-state index in [1.54, 1.807) is 0 Å². The summed E-state index contributed by atoms with van der Waals surface area (Å²) in [6, 6.07) is 8.73. The van der Waals surface area contributed by atoms with E-state index in [-0.39, 0.29) is 0 Å². The highest BCUT2D eigenvalue weighted by molar-refractivity contribution is 5.62. The molecule has 2 aliphatic heterocycles. The van der Waals surface area contributed by atoms with Gasteiger partial charge in [-0.2, -0.15) is 5.10 Å². The maximum absolute atomic E-state index is 4.34. The van der Waals surface area contributed by atoms with E-state index < -0.39 is 0 Å². The summed E-state index contributed by atoms with van der Waals surface area (Å²) < 4.78 is 0. The molecule has 1 atom stereocenters. The second kappa shape index (κ2) is 8.55. The molecule has 2 aromatic rings. The smallest absolute Gasteiger partial charge is 0.0695 e. The van der Waals surface area contributed by atoms with Gasteiger partial charge in [-0.05, 0) is 44.8 Å². The Bertz CT molecular complexity index is 715. The average Bonchev–Trinajstić information content (AvgIpc) is 3.13. The molecule has 5 nitrogen and oxygen atoms in total. The number of hydrogen-bond donors (Lipinski definition) is 1. The molecule has 4 rings (SSSR count). The predicted molar refractivity (Wildman–Crippen MR) is 111 cm³/mol. The van der Waals surface area contributed by atoms with Crippen LogP contribution in [0.5, 0.6) is 0 Å². The van der Waals surface area contributed by atoms with E-state index in [9.17, 15) is 0 Å². The van der Waals surface area contributed by atoms with E-state index in [1.807, 2.05) is 6.20 Å². The Morgan fingerprint density at radius 1 is 1.04 bits per heavy atom. The lowest BCUT2D eigenvalue weighted by Gasteiger charge is -2.38. The first-order valence-electron chi connectivity index (χ1n) is 10.4. The van der Waals surface area contributed by atoms with E-state index in [0.717, 1.165) is 12.5 Å². The lowest BCUT2D eigenvalue weighted by atomic mass is 9.96. The van der Waals surface area contributed by atoms with Crippen molar-refractivity contribution in [2.24, 2.45) is 5.92 Å². The van der Waals surface area contributed by atoms with Gasteiger partial charge in [-0.1, -0.05) is 29.8 Å². The SMILES string of the molecule is Cc1ccc(-c2[nH]ncc2CN2CCC[C@H](CN3CCN(C)CC3)C2)cc1. The zero-order valence-corrected chi connectivity index (χ0v) is 16.8. The number of likely N-dealkylation sites (tertiary alicyclic amines) is 1. The van der Waals surface area contributed by atoms with Crippen LogP contribution in [-0.4, -0.2) is 77.8 Å². The number of piperidine rings is 1. The lowest BCUT2D eigenvalue weighted by molar-refractivity contribution is 0.0967. The molecule has 146 valence electrons. The van der Waals surface area contributed by atoms with Crippen LogP contribution in [0.25, 0.3) is 11.3 Å². The number of nitrogens with zero attached hydrogens (tertiary/aromatic N) is 4. The molecule has 0 aliphatic carbocycles. The highest BCUT2D eigenvalue weighted by atomic mass is 15.2. The van der Waals surface area contributed by atoms with Gasteiger partial charge in [0.2, 0.25) is 0 Å². The van der Waals surface area contributed by atoms with Crippen LogP contribution in [0.2, 0.25) is 0 Å². The Labute approximate surface area is 163 Å². The van der Waals surface area contributed by atoms with Crippen molar-refractivity contribution in [3.05, 3.63) is 41.6 Å². The number of piperazine rings is 1. The summed E-state index contributed by atoms with van der Waals surface area (Å²) in [4.78, 5) is 7.74. The van der Waals surface area contributed by atoms with Crippen LogP contribution in [0.15, 0.2) is 30.5 Å². The van der Waals surface area contributed by atoms with Gasteiger partial charge in [-0.25, -0.2) is 0 Å². The molecule has 1 aromatic heterocycles. The third-order valence-electron chi connectivity index (χ3n) is 6.17. The second-order valence-corrected chi connectivity index (χ2v) is 8.48. The summed E-state index contributed by atoms with van der Waals surface area (Å²) in [6.07, 6.45) is 4.70. The van der Waals surface area contributed by atoms with Crippen LogP contribution in [0.4, 0.5) is 0 Å². The standard InChI is InChI=1S/C22H33N5/c1-18-5-7-20(8-6-18)22-21(14-23-24-22)17-27-9-3-4-19(16-27)15-26-12-10-25(2)11-13-26/h5-8,14,19H,3-4,9-13,15-17H2,1-2H3,(H,23,24)/t19-/m1/s1. The summed E-state index contributed by atoms with van der Waals surface area (Å²) in [5.41, 5.74) is 5.02. The van der Waals surface area contributed by atoms with E-state index in [2.05, 4.69) is 63.1 Å². The summed E-state index contributed by atoms with van der Waals surface area (Å²) in [5.74, 6) is 0.803. The highest BCUT2D eigenvalue weighted by Crippen LogP contribution is 2.25. The quantitative estimate of drug-likeness (QED) is 0.882. The van der Waals surface area contributed by atoms with Crippen LogP contribution in [0.3, 0.4) is 0 Å². The fourth-order valence-electron chi connectivity index (χ4n) is 4.48. The monoisotopic (exact) mass is 367 g/mol. The predicted octanol–water partition coefficient (Wildman–Crippen LogP) is 2.84. The fourth-order valence-corrected chi connectivity index (χ4v) is 4.48. The Morgan fingerprint density at radius 2 is 1.81 bits per heavy atom. The molecule has 1 aromatic carbocycles. The van der Waals surface area contributed by atoms with Crippen molar-refractivity contribution in [1.82, 2.24) is 24.9 Å². The summed E-state index contributed by atoms with van der Waals surface area (Å²) in [6.45, 7) is 11.7. The van der Waals surface area contributed by atoms with Gasteiger partial charge in [0.05, 0.1) is 11.9 Å². The highest BCUT2D eigenvalue weighted by Gasteiger charge is 2.24. The van der Waals surface area contributed by atoms with Crippen molar-refractivity contribution in [2.75, 3.05) is 52.9 Å². The normalized spacial score (nSPS) is 23.0. The maximum atomic E-state index is 4.34. The number of aryl methyl sites for hydroxylation is 1. The first-order valence-corrected chi connectivity index (χ1v) is 10.4. The number of aromatic nitrogens is 2. The molecule has 0 bridgehead atoms. The van der Waals surface area contributed by atoms with Gasteiger partial charge in [0.15, 0.2) is 0 Å². The van der Waals surface area contributed by atoms with Crippen LogP contribution in [-0.2, 0) is 6.54 Å². The summed E-state index contributed by atoms with van der Waals surface area (Å²) in [5, 5.41) is 7.56. The van der Waals surface area contributed by atoms with Gasteiger partial charge in [0.1, 0.15) is 0 Å². The minimum absolute atomic E-state index is 0.803. The van der Waals surface area contributed by atoms with Gasteiger partial charge < -0.3 is 9.80 Å². The number of H-pyrrole nitrogens is 1. The minimum atomic E-state index is 0.803. The zero-order valence-electron chi connectivity index (χ0n) is 16.8. The van der Waals surface area contributed by atoms with Crippen molar-refractivity contribution < 1.29 is 0 Å². The van der Waals surface area contributed by atoms with Crippen molar-refractivity contribution in [1.29, 1.82) is 0 Å². The van der Waals surface area contributed by atoms with E-state index in [0.29, 0.717) is 0 Å². The Hall–Kier alpha value is -1.69. The summed E-state index contributed by atoms with van der Waals surface area (Å²) in [7, 11) is 2.23. The molecule has 1 N–H and O–H groups in total. The van der Waals surface area contributed by atoms with Gasteiger partial charge in [0.25, 0.3) is 0 Å². The largest absolute Gasteiger partial charge is 0.304 e. The van der Waals surface area contributed by atoms with E-state index in [1.165, 1.54) is 81.0 Å². The number of rotatable bonds is 5. The third-order valence-corrected chi connectivity index (χ3v) is 6.17. The van der Waals surface area contributed by atoms with Crippen molar-refractivity contribution >= 4 is 0 Å². The van der Waals surface area contributed by atoms with Crippen molar-refractivity contribution in [3.63, 3.8) is 0 Å². The Morgan fingerprint density at radius 3 is 2.59 bits per heavy atom. The number of aromatic amines is 1. The topological polar surface area (TPSA) is 38.4 Å². The van der Waals surface area contributed by atoms with Crippen molar-refractivity contribution in [3.8, 4) is 11.3 Å². The third kappa shape index (κ3) is 4.78. The van der Waals surface area contributed by atoms with Crippen LogP contribution in [0, 0.1) is 12.8 Å². The Kier molecular flexibility index (Phi) is 5.91. The average molecular weight is 368 g/mol. The van der Waals surface area contributed by atoms with Crippen LogP contribution < -0.4 is 0 Å². The van der Waals surface area contributed by atoms with Gasteiger partial charge in [0, 0.05) is 51.4 Å². The molecule has 2 saturated heterocycles. The minimum Gasteiger partial charge on any atom is -0.304 e. The van der Waals surface area contributed by atoms with Crippen LogP contribution >= 0.6 is 0 Å². The number of hydrogen-bond acceptors (Lipinski definition) is 4. The molecular formula is C22H33N5. The van der Waals surface area contributed by atoms with E-state index >= 15 is 0 Å². The summed E-state index contributed by atoms with van der Waals surface area (Å²) >= 11 is 0. The molecule has 0 unspecified atom stereocenters. The van der Waals surface area contributed by atoms with Gasteiger partial charge in [-0.15, -0.1) is 0 Å². The lowest BCUT2D eigenvalue weighted by Crippen LogP contribution is -2.48. The first kappa shape index (κ1) is 18.7. The van der Waals surface area contributed by atoms with Gasteiger partial charge >= 0.3 is 0 Å². The molecule has 0 saturated carbocycles. The number of nitrogens with one attached hydrogen (secondary N) is 1. The van der Waals surface area contributed by atoms with Crippen LogP contribution in [0.1, 0.15) is 24.0 Å². The maximum Gasteiger partial charge on any atom is 0.0695 e. The molecule has 0 spiro atoms. The first-order chi connectivity index (χ1) is 13.2. The molecule has 0 amide bonds. The second-order valence-electron chi connectivity index (χ2n) is 8.48. The Balaban J connectivity index is 1.36. The fraction of sp³-hybridized carbons (Fsp3) is 0.591. The molecule has 2 fully saturated rings. The molecular weight excluding hydrogens is 334 g/mol. The molecule has 27 heavy (non-hydrogen) atoms. The molecule has 2 aliphatic rings. The molecule has 3 heterocycles. The molecule has 5 heteroatoms. The van der Waals surface area contributed by atoms with Crippen molar-refractivity contribution in [2.45, 2.75) is 26.3 Å². The molecule has 0 radical (unpaired) electrons. The van der Waals surface area contributed by atoms with Gasteiger partial charge in [-0.3, -0.25) is 10.00 Å².